The molecule has 7 nitrogen and oxygen atoms in total. The number of carbonyl (C=O) groups is 1. The van der Waals surface area contributed by atoms with E-state index in [1.807, 2.05) is 0 Å². The maximum Gasteiger partial charge on any atom is 0.275 e. The first-order valence-electron chi connectivity index (χ1n) is 7.61. The van der Waals surface area contributed by atoms with Gasteiger partial charge in [0, 0.05) is 17.4 Å². The second-order valence-electron chi connectivity index (χ2n) is 5.78. The summed E-state index contributed by atoms with van der Waals surface area (Å²) in [7, 11) is 1.79. The zero-order valence-electron chi connectivity index (χ0n) is 14.0. The van der Waals surface area contributed by atoms with E-state index in [4.69, 9.17) is 23.2 Å². The molecule has 3 rings (SSSR count). The number of likely N-dealkylation sites (N-methyl/N-ethyl adjacent to an activating group) is 1. The van der Waals surface area contributed by atoms with Gasteiger partial charge in [-0.25, -0.2) is 4.98 Å². The highest BCUT2D eigenvalue weighted by atomic mass is 35.5. The molecule has 0 unspecified atom stereocenters. The van der Waals surface area contributed by atoms with E-state index in [9.17, 15) is 9.59 Å². The third-order valence-electron chi connectivity index (χ3n) is 3.44. The van der Waals surface area contributed by atoms with Crippen molar-refractivity contribution in [1.82, 2.24) is 19.5 Å². The highest BCUT2D eigenvalue weighted by Gasteiger charge is 2.13. The van der Waals surface area contributed by atoms with Crippen LogP contribution in [0, 0.1) is 6.92 Å². The molecule has 10 heteroatoms. The van der Waals surface area contributed by atoms with Crippen LogP contribution in [0.3, 0.4) is 0 Å². The van der Waals surface area contributed by atoms with E-state index in [0.29, 0.717) is 37.9 Å². The Morgan fingerprint density at radius 2 is 2.08 bits per heavy atom. The SMILES string of the molecule is Cc1cc(=O)n2nc(CN(C)CC(=O)Nc3ccc(Cl)c(Cl)c3)sc2n1. The Labute approximate surface area is 163 Å². The van der Waals surface area contributed by atoms with Crippen LogP contribution in [0.15, 0.2) is 29.1 Å². The zero-order valence-corrected chi connectivity index (χ0v) is 16.3. The Hall–Kier alpha value is -2.00. The summed E-state index contributed by atoms with van der Waals surface area (Å²) in [4.78, 5) is 30.7. The van der Waals surface area contributed by atoms with Gasteiger partial charge in [-0.15, -0.1) is 0 Å². The minimum atomic E-state index is -0.213. The molecule has 0 aliphatic rings. The van der Waals surface area contributed by atoms with Crippen LogP contribution in [-0.2, 0) is 11.3 Å². The Morgan fingerprint density at radius 1 is 1.31 bits per heavy atom. The van der Waals surface area contributed by atoms with Crippen LogP contribution >= 0.6 is 34.5 Å². The highest BCUT2D eigenvalue weighted by molar-refractivity contribution is 7.16. The fraction of sp³-hybridized carbons (Fsp3) is 0.250. The van der Waals surface area contributed by atoms with E-state index in [-0.39, 0.29) is 18.0 Å². The third kappa shape index (κ3) is 4.39. The van der Waals surface area contributed by atoms with Crippen molar-refractivity contribution >= 4 is 51.1 Å². The van der Waals surface area contributed by atoms with Crippen molar-refractivity contribution < 1.29 is 4.79 Å². The van der Waals surface area contributed by atoms with Gasteiger partial charge in [0.2, 0.25) is 10.9 Å². The topological polar surface area (TPSA) is 79.6 Å². The molecule has 0 saturated heterocycles. The molecule has 0 fully saturated rings. The normalized spacial score (nSPS) is 11.3. The van der Waals surface area contributed by atoms with Crippen LogP contribution in [0.4, 0.5) is 5.69 Å². The summed E-state index contributed by atoms with van der Waals surface area (Å²) in [6, 6.07) is 6.33. The first kappa shape index (κ1) is 18.8. The average molecular weight is 412 g/mol. The number of nitrogens with one attached hydrogen (secondary N) is 1. The summed E-state index contributed by atoms with van der Waals surface area (Å²) in [6.07, 6.45) is 0. The van der Waals surface area contributed by atoms with Crippen molar-refractivity contribution in [1.29, 1.82) is 0 Å². The molecule has 1 amide bonds. The number of hydrogen-bond donors (Lipinski definition) is 1. The molecule has 3 aromatic rings. The lowest BCUT2D eigenvalue weighted by Crippen LogP contribution is -2.30. The quantitative estimate of drug-likeness (QED) is 0.697. The van der Waals surface area contributed by atoms with Crippen molar-refractivity contribution in [2.75, 3.05) is 18.9 Å². The van der Waals surface area contributed by atoms with Gasteiger partial charge in [0.1, 0.15) is 5.01 Å². The van der Waals surface area contributed by atoms with E-state index in [1.165, 1.54) is 21.9 Å². The Kier molecular flexibility index (Phi) is 5.57. The Balaban J connectivity index is 1.63. The molecule has 0 spiro atoms. The van der Waals surface area contributed by atoms with Crippen LogP contribution in [0.2, 0.25) is 10.0 Å². The van der Waals surface area contributed by atoms with Crippen LogP contribution in [0.25, 0.3) is 4.96 Å². The van der Waals surface area contributed by atoms with Gasteiger partial charge in [-0.05, 0) is 32.2 Å². The standard InChI is InChI=1S/C16H15Cl2N5O2S/c1-9-5-15(25)23-16(19-9)26-14(21-23)8-22(2)7-13(24)20-10-3-4-11(17)12(18)6-10/h3-6H,7-8H2,1-2H3,(H,20,24). The molecule has 0 aliphatic carbocycles. The van der Waals surface area contributed by atoms with Gasteiger partial charge in [0.05, 0.1) is 23.1 Å². The summed E-state index contributed by atoms with van der Waals surface area (Å²) in [5, 5.41) is 8.52. The second kappa shape index (κ2) is 7.71. The second-order valence-corrected chi connectivity index (χ2v) is 7.63. The van der Waals surface area contributed by atoms with Gasteiger partial charge >= 0.3 is 0 Å². The number of nitrogens with zero attached hydrogens (tertiary/aromatic N) is 4. The van der Waals surface area contributed by atoms with Gasteiger partial charge in [-0.2, -0.15) is 9.61 Å². The first-order chi connectivity index (χ1) is 12.3. The molecule has 136 valence electrons. The molecule has 1 aromatic carbocycles. The van der Waals surface area contributed by atoms with E-state index in [1.54, 1.807) is 37.1 Å². The molecule has 1 N–H and O–H groups in total. The van der Waals surface area contributed by atoms with Crippen molar-refractivity contribution in [2.45, 2.75) is 13.5 Å². The number of amides is 1. The van der Waals surface area contributed by atoms with Gasteiger partial charge in [0.15, 0.2) is 0 Å². The molecule has 2 heterocycles. The molecule has 0 aliphatic heterocycles. The largest absolute Gasteiger partial charge is 0.325 e. The minimum Gasteiger partial charge on any atom is -0.325 e. The van der Waals surface area contributed by atoms with E-state index in [0.717, 1.165) is 0 Å². The van der Waals surface area contributed by atoms with Crippen LogP contribution in [0.1, 0.15) is 10.7 Å². The summed E-state index contributed by atoms with van der Waals surface area (Å²) >= 11 is 13.1. The first-order valence-corrected chi connectivity index (χ1v) is 9.19. The molecule has 0 bridgehead atoms. The van der Waals surface area contributed by atoms with Crippen LogP contribution in [-0.4, -0.2) is 39.0 Å². The molecular formula is C16H15Cl2N5O2S. The predicted molar refractivity (Wildman–Crippen MR) is 103 cm³/mol. The summed E-state index contributed by atoms with van der Waals surface area (Å²) < 4.78 is 1.27. The molecular weight excluding hydrogens is 397 g/mol. The van der Waals surface area contributed by atoms with Gasteiger partial charge in [0.25, 0.3) is 5.56 Å². The molecule has 0 atom stereocenters. The molecule has 26 heavy (non-hydrogen) atoms. The summed E-state index contributed by atoms with van der Waals surface area (Å²) in [5.41, 5.74) is 1.01. The van der Waals surface area contributed by atoms with Crippen molar-refractivity contribution in [3.05, 3.63) is 55.4 Å². The number of benzene rings is 1. The highest BCUT2D eigenvalue weighted by Crippen LogP contribution is 2.25. The maximum absolute atomic E-state index is 12.2. The molecule has 2 aromatic heterocycles. The Morgan fingerprint density at radius 3 is 2.81 bits per heavy atom. The number of carbonyl (C=O) groups excluding carboxylic acids is 1. The number of aryl methyl sites for hydroxylation is 1. The van der Waals surface area contributed by atoms with Crippen LogP contribution in [0.5, 0.6) is 0 Å². The molecule has 0 radical (unpaired) electrons. The molecule has 0 saturated carbocycles. The zero-order chi connectivity index (χ0) is 18.8. The van der Waals surface area contributed by atoms with Gasteiger partial charge in [-0.3, -0.25) is 14.5 Å². The average Bonchev–Trinajstić information content (AvgIpc) is 2.93. The number of halogens is 2. The van der Waals surface area contributed by atoms with Gasteiger partial charge < -0.3 is 5.32 Å². The van der Waals surface area contributed by atoms with E-state index in [2.05, 4.69) is 15.4 Å². The lowest BCUT2D eigenvalue weighted by Gasteiger charge is -2.14. The van der Waals surface area contributed by atoms with Gasteiger partial charge in [-0.1, -0.05) is 34.5 Å². The minimum absolute atomic E-state index is 0.150. The lowest BCUT2D eigenvalue weighted by atomic mass is 10.3. The fourth-order valence-electron chi connectivity index (χ4n) is 2.33. The number of aromatic nitrogens is 3. The number of fused-ring (bicyclic) bond motifs is 1. The lowest BCUT2D eigenvalue weighted by molar-refractivity contribution is -0.117. The summed E-state index contributed by atoms with van der Waals surface area (Å²) in [5.74, 6) is -0.196. The summed E-state index contributed by atoms with van der Waals surface area (Å²) in [6.45, 7) is 2.33. The van der Waals surface area contributed by atoms with Crippen molar-refractivity contribution in [3.63, 3.8) is 0 Å². The van der Waals surface area contributed by atoms with Crippen LogP contribution < -0.4 is 10.9 Å². The monoisotopic (exact) mass is 411 g/mol. The number of anilines is 1. The fourth-order valence-corrected chi connectivity index (χ4v) is 3.65. The number of rotatable bonds is 5. The third-order valence-corrected chi connectivity index (χ3v) is 5.07. The van der Waals surface area contributed by atoms with Crippen molar-refractivity contribution in [2.24, 2.45) is 0 Å². The maximum atomic E-state index is 12.2. The van der Waals surface area contributed by atoms with Crippen molar-refractivity contribution in [3.8, 4) is 0 Å². The predicted octanol–water partition coefficient (Wildman–Crippen LogP) is 2.84. The smallest absolute Gasteiger partial charge is 0.275 e. The Bertz CT molecular complexity index is 1030. The van der Waals surface area contributed by atoms with E-state index < -0.39 is 0 Å². The van der Waals surface area contributed by atoms with E-state index >= 15 is 0 Å². The number of hydrogen-bond acceptors (Lipinski definition) is 6.